The molecule has 1 fully saturated rings. The number of amides is 2. The van der Waals surface area contributed by atoms with E-state index in [0.717, 1.165) is 35.7 Å². The normalized spacial score (nSPS) is 17.1. The maximum absolute atomic E-state index is 12.8. The zero-order valence-corrected chi connectivity index (χ0v) is 21.4. The third-order valence-electron chi connectivity index (χ3n) is 5.37. The summed E-state index contributed by atoms with van der Waals surface area (Å²) in [5.74, 6) is 1.66. The number of hydrogen-bond donors (Lipinski definition) is 0. The molecule has 1 aliphatic rings. The van der Waals surface area contributed by atoms with Crippen LogP contribution >= 0.6 is 23.1 Å². The van der Waals surface area contributed by atoms with E-state index >= 15 is 0 Å². The van der Waals surface area contributed by atoms with Gasteiger partial charge in [-0.15, -0.1) is 23.1 Å². The van der Waals surface area contributed by atoms with E-state index in [9.17, 15) is 9.59 Å². The number of ether oxygens (including phenoxy) is 1. The van der Waals surface area contributed by atoms with Crippen molar-refractivity contribution >= 4 is 45.3 Å². The van der Waals surface area contributed by atoms with Crippen molar-refractivity contribution in [3.05, 3.63) is 29.3 Å². The molecule has 8 heteroatoms. The minimum absolute atomic E-state index is 0.0558. The zero-order valence-electron chi connectivity index (χ0n) is 19.8. The lowest BCUT2D eigenvalue weighted by atomic mass is 9.97. The summed E-state index contributed by atoms with van der Waals surface area (Å²) in [4.78, 5) is 33.9. The van der Waals surface area contributed by atoms with Gasteiger partial charge in [0.25, 0.3) is 0 Å². The van der Waals surface area contributed by atoms with Gasteiger partial charge in [0.1, 0.15) is 10.6 Å². The second-order valence-corrected chi connectivity index (χ2v) is 11.7. The van der Waals surface area contributed by atoms with Gasteiger partial charge in [-0.2, -0.15) is 0 Å². The largest absolute Gasteiger partial charge is 0.444 e. The second-order valence-electron chi connectivity index (χ2n) is 9.64. The van der Waals surface area contributed by atoms with Crippen LogP contribution in [0.4, 0.5) is 4.79 Å². The number of aromatic nitrogens is 1. The van der Waals surface area contributed by atoms with Crippen molar-refractivity contribution in [1.82, 2.24) is 14.8 Å². The minimum atomic E-state index is -0.515. The van der Waals surface area contributed by atoms with E-state index in [1.54, 1.807) is 28.0 Å². The van der Waals surface area contributed by atoms with Crippen LogP contribution in [0.25, 0.3) is 10.2 Å². The van der Waals surface area contributed by atoms with Crippen molar-refractivity contribution in [2.24, 2.45) is 5.92 Å². The Morgan fingerprint density at radius 2 is 2.06 bits per heavy atom. The number of rotatable bonds is 7. The molecule has 1 unspecified atom stereocenters. The average Bonchev–Trinajstić information content (AvgIpc) is 3.13. The molecule has 2 heterocycles. The lowest BCUT2D eigenvalue weighted by Crippen LogP contribution is -2.48. The highest BCUT2D eigenvalue weighted by molar-refractivity contribution is 7.99. The van der Waals surface area contributed by atoms with E-state index < -0.39 is 5.60 Å². The molecule has 0 radical (unpaired) electrons. The Hall–Kier alpha value is -1.80. The number of piperidine rings is 1. The first kappa shape index (κ1) is 24.8. The van der Waals surface area contributed by atoms with Crippen molar-refractivity contribution in [2.45, 2.75) is 64.9 Å². The van der Waals surface area contributed by atoms with Crippen molar-refractivity contribution in [1.29, 1.82) is 0 Å². The summed E-state index contributed by atoms with van der Waals surface area (Å²) in [7, 11) is 0. The van der Waals surface area contributed by atoms with Crippen molar-refractivity contribution in [2.75, 3.05) is 25.4 Å². The van der Waals surface area contributed by atoms with E-state index in [1.165, 1.54) is 4.70 Å². The Bertz CT molecular complexity index is 890. The van der Waals surface area contributed by atoms with Gasteiger partial charge in [0, 0.05) is 31.4 Å². The lowest BCUT2D eigenvalue weighted by Gasteiger charge is -2.37. The van der Waals surface area contributed by atoms with Crippen molar-refractivity contribution in [3.8, 4) is 0 Å². The lowest BCUT2D eigenvalue weighted by molar-refractivity contribution is -0.130. The van der Waals surface area contributed by atoms with Crippen molar-refractivity contribution in [3.63, 3.8) is 0 Å². The van der Waals surface area contributed by atoms with E-state index in [4.69, 9.17) is 4.74 Å². The molecule has 0 aliphatic carbocycles. The van der Waals surface area contributed by atoms with Gasteiger partial charge in [-0.25, -0.2) is 9.78 Å². The Morgan fingerprint density at radius 3 is 2.75 bits per heavy atom. The molecule has 32 heavy (non-hydrogen) atoms. The molecule has 1 aliphatic heterocycles. The van der Waals surface area contributed by atoms with Gasteiger partial charge in [-0.05, 0) is 65.5 Å². The molecule has 2 aromatic rings. The standard InChI is InChI=1S/C24H35N3O3S2/c1-17(2)27(23(29)30-24(3,4)5)14-18-9-8-12-26(13-18)22(28)16-31-15-21-25-19-10-6-7-11-20(19)32-21/h6-7,10-11,17-18H,8-9,12-16H2,1-5H3. The predicted molar refractivity (Wildman–Crippen MR) is 133 cm³/mol. The molecule has 0 spiro atoms. The van der Waals surface area contributed by atoms with Crippen LogP contribution in [0, 0.1) is 5.92 Å². The van der Waals surface area contributed by atoms with Gasteiger partial charge in [0.05, 0.1) is 16.0 Å². The highest BCUT2D eigenvalue weighted by atomic mass is 32.2. The molecule has 176 valence electrons. The van der Waals surface area contributed by atoms with Crippen LogP contribution in [0.15, 0.2) is 24.3 Å². The van der Waals surface area contributed by atoms with Crippen LogP contribution in [0.1, 0.15) is 52.5 Å². The fraction of sp³-hybridized carbons (Fsp3) is 0.625. The fourth-order valence-corrected chi connectivity index (χ4v) is 5.78. The Morgan fingerprint density at radius 1 is 1.31 bits per heavy atom. The number of hydrogen-bond acceptors (Lipinski definition) is 6. The van der Waals surface area contributed by atoms with E-state index in [0.29, 0.717) is 18.8 Å². The zero-order chi connectivity index (χ0) is 23.3. The van der Waals surface area contributed by atoms with E-state index in [1.807, 2.05) is 57.7 Å². The molecule has 1 aromatic carbocycles. The summed E-state index contributed by atoms with van der Waals surface area (Å²) in [5.41, 5.74) is 0.511. The topological polar surface area (TPSA) is 62.7 Å². The van der Waals surface area contributed by atoms with E-state index in [-0.39, 0.29) is 24.0 Å². The Labute approximate surface area is 199 Å². The molecule has 3 rings (SSSR count). The van der Waals surface area contributed by atoms with Crippen LogP contribution in [0.2, 0.25) is 0 Å². The first-order valence-corrected chi connectivity index (χ1v) is 13.3. The summed E-state index contributed by atoms with van der Waals surface area (Å²) in [6.07, 6.45) is 1.72. The highest BCUT2D eigenvalue weighted by Gasteiger charge is 2.30. The number of carbonyl (C=O) groups excluding carboxylic acids is 2. The van der Waals surface area contributed by atoms with Crippen molar-refractivity contribution < 1.29 is 14.3 Å². The Kier molecular flexibility index (Phi) is 8.44. The number of fused-ring (bicyclic) bond motifs is 1. The molecule has 0 saturated carbocycles. The first-order valence-electron chi connectivity index (χ1n) is 11.3. The monoisotopic (exact) mass is 477 g/mol. The number of thioether (sulfide) groups is 1. The van der Waals surface area contributed by atoms with Crippen LogP contribution < -0.4 is 0 Å². The molecule has 1 aromatic heterocycles. The number of likely N-dealkylation sites (tertiary alicyclic amines) is 1. The highest BCUT2D eigenvalue weighted by Crippen LogP contribution is 2.26. The summed E-state index contributed by atoms with van der Waals surface area (Å²) >= 11 is 3.32. The third kappa shape index (κ3) is 7.10. The molecule has 1 saturated heterocycles. The fourth-order valence-electron chi connectivity index (χ4n) is 3.83. The van der Waals surface area contributed by atoms with Gasteiger partial charge in [-0.3, -0.25) is 4.79 Å². The maximum atomic E-state index is 12.8. The SMILES string of the molecule is CC(C)N(CC1CCCN(C(=O)CSCc2nc3ccccc3s2)C1)C(=O)OC(C)(C)C. The molecule has 6 nitrogen and oxygen atoms in total. The van der Waals surface area contributed by atoms with Gasteiger partial charge in [-0.1, -0.05) is 12.1 Å². The van der Waals surface area contributed by atoms with Crippen LogP contribution in [-0.4, -0.2) is 63.8 Å². The molecule has 0 N–H and O–H groups in total. The summed E-state index contributed by atoms with van der Waals surface area (Å²) in [5, 5.41) is 1.06. The van der Waals surface area contributed by atoms with Crippen LogP contribution in [0.3, 0.4) is 0 Å². The third-order valence-corrected chi connectivity index (χ3v) is 7.51. The number of carbonyl (C=O) groups is 2. The smallest absolute Gasteiger partial charge is 0.410 e. The predicted octanol–water partition coefficient (Wildman–Crippen LogP) is 5.41. The van der Waals surface area contributed by atoms with Crippen LogP contribution in [-0.2, 0) is 15.3 Å². The molecule has 0 bridgehead atoms. The molecule has 2 amide bonds. The first-order chi connectivity index (χ1) is 15.1. The number of benzene rings is 1. The van der Waals surface area contributed by atoms with Gasteiger partial charge < -0.3 is 14.5 Å². The minimum Gasteiger partial charge on any atom is -0.444 e. The average molecular weight is 478 g/mol. The van der Waals surface area contributed by atoms with Gasteiger partial charge in [0.15, 0.2) is 0 Å². The van der Waals surface area contributed by atoms with E-state index in [2.05, 4.69) is 11.1 Å². The van der Waals surface area contributed by atoms with Crippen LogP contribution in [0.5, 0.6) is 0 Å². The number of thiazole rings is 1. The molecular weight excluding hydrogens is 442 g/mol. The summed E-state index contributed by atoms with van der Waals surface area (Å²) in [6.45, 7) is 11.8. The maximum Gasteiger partial charge on any atom is 0.410 e. The van der Waals surface area contributed by atoms with Gasteiger partial charge in [0.2, 0.25) is 5.91 Å². The Balaban J connectivity index is 1.49. The quantitative estimate of drug-likeness (QED) is 0.533. The molecule has 1 atom stereocenters. The number of nitrogens with zero attached hydrogens (tertiary/aromatic N) is 3. The summed E-state index contributed by atoms with van der Waals surface area (Å²) in [6, 6.07) is 8.18. The second kappa shape index (κ2) is 10.9. The molecular formula is C24H35N3O3S2. The van der Waals surface area contributed by atoms with Gasteiger partial charge >= 0.3 is 6.09 Å². The summed E-state index contributed by atoms with van der Waals surface area (Å²) < 4.78 is 6.78. The number of para-hydroxylation sites is 1.